The Kier molecular flexibility index (Phi) is 8.19. The zero-order valence-electron chi connectivity index (χ0n) is 31.7. The van der Waals surface area contributed by atoms with Crippen LogP contribution in [0.15, 0.2) is 229 Å². The number of rotatable bonds is 7. The van der Waals surface area contributed by atoms with Crippen molar-refractivity contribution < 1.29 is 4.42 Å². The lowest BCUT2D eigenvalue weighted by molar-refractivity contribution is 0.669. The first-order chi connectivity index (χ1) is 28.7. The Labute approximate surface area is 337 Å². The van der Waals surface area contributed by atoms with Gasteiger partial charge in [-0.1, -0.05) is 170 Å². The minimum Gasteiger partial charge on any atom is -0.456 e. The van der Waals surface area contributed by atoms with Crippen LogP contribution in [0.5, 0.6) is 0 Å². The van der Waals surface area contributed by atoms with Gasteiger partial charge in [0.1, 0.15) is 11.2 Å². The molecule has 0 saturated heterocycles. The molecule has 0 bridgehead atoms. The lowest BCUT2D eigenvalue weighted by Gasteiger charge is -2.27. The van der Waals surface area contributed by atoms with Crippen LogP contribution in [0, 0.1) is 0 Å². The molecular formula is C56H37NO. The van der Waals surface area contributed by atoms with E-state index in [0.717, 1.165) is 50.1 Å². The minimum atomic E-state index is 0.867. The molecule has 272 valence electrons. The lowest BCUT2D eigenvalue weighted by Crippen LogP contribution is -2.10. The van der Waals surface area contributed by atoms with Gasteiger partial charge in [0.25, 0.3) is 0 Å². The van der Waals surface area contributed by atoms with Crippen LogP contribution in [0.1, 0.15) is 0 Å². The van der Waals surface area contributed by atoms with Gasteiger partial charge in [0.15, 0.2) is 0 Å². The molecule has 0 aliphatic rings. The summed E-state index contributed by atoms with van der Waals surface area (Å²) in [6.45, 7) is 0. The average molecular weight is 740 g/mol. The van der Waals surface area contributed by atoms with E-state index in [9.17, 15) is 0 Å². The molecule has 0 atom stereocenters. The smallest absolute Gasteiger partial charge is 0.137 e. The molecule has 0 unspecified atom stereocenters. The molecule has 2 heteroatoms. The van der Waals surface area contributed by atoms with E-state index in [0.29, 0.717) is 0 Å². The Bertz CT molecular complexity index is 3270. The second kappa shape index (κ2) is 14.1. The van der Waals surface area contributed by atoms with E-state index in [2.05, 4.69) is 217 Å². The molecule has 11 rings (SSSR count). The summed E-state index contributed by atoms with van der Waals surface area (Å²) in [6.07, 6.45) is 0. The van der Waals surface area contributed by atoms with Crippen molar-refractivity contribution in [2.24, 2.45) is 0 Å². The van der Waals surface area contributed by atoms with Crippen molar-refractivity contribution in [3.63, 3.8) is 0 Å². The van der Waals surface area contributed by atoms with Crippen molar-refractivity contribution in [1.29, 1.82) is 0 Å². The van der Waals surface area contributed by atoms with Gasteiger partial charge in [-0.3, -0.25) is 0 Å². The van der Waals surface area contributed by atoms with Crippen molar-refractivity contribution in [1.82, 2.24) is 0 Å². The first-order valence-corrected chi connectivity index (χ1v) is 19.8. The lowest BCUT2D eigenvalue weighted by atomic mass is 9.92. The highest BCUT2D eigenvalue weighted by Crippen LogP contribution is 2.44. The fraction of sp³-hybridized carbons (Fsp3) is 0. The molecule has 0 N–H and O–H groups in total. The Hall–Kier alpha value is -7.68. The number of hydrogen-bond acceptors (Lipinski definition) is 2. The maximum atomic E-state index is 6.40. The summed E-state index contributed by atoms with van der Waals surface area (Å²) in [6, 6.07) is 80.7. The first kappa shape index (κ1) is 33.6. The van der Waals surface area contributed by atoms with Crippen molar-refractivity contribution in [2.75, 3.05) is 4.90 Å². The summed E-state index contributed by atoms with van der Waals surface area (Å²) >= 11 is 0. The molecule has 0 spiro atoms. The van der Waals surface area contributed by atoms with Gasteiger partial charge in [0.2, 0.25) is 0 Å². The average Bonchev–Trinajstić information content (AvgIpc) is 3.69. The Morgan fingerprint density at radius 1 is 0.293 bits per heavy atom. The molecule has 10 aromatic carbocycles. The van der Waals surface area contributed by atoms with Crippen molar-refractivity contribution in [2.45, 2.75) is 0 Å². The molecule has 11 aromatic rings. The van der Waals surface area contributed by atoms with Crippen LogP contribution < -0.4 is 4.90 Å². The van der Waals surface area contributed by atoms with Crippen LogP contribution in [0.4, 0.5) is 17.1 Å². The third-order valence-corrected chi connectivity index (χ3v) is 11.5. The summed E-state index contributed by atoms with van der Waals surface area (Å²) in [7, 11) is 0. The molecule has 0 saturated carbocycles. The fourth-order valence-corrected chi connectivity index (χ4v) is 8.64. The zero-order valence-corrected chi connectivity index (χ0v) is 31.7. The van der Waals surface area contributed by atoms with Gasteiger partial charge in [-0.25, -0.2) is 0 Å². The molecule has 0 amide bonds. The maximum Gasteiger partial charge on any atom is 0.137 e. The predicted octanol–water partition coefficient (Wildman–Crippen LogP) is 16.0. The predicted molar refractivity (Wildman–Crippen MR) is 245 cm³/mol. The van der Waals surface area contributed by atoms with E-state index in [4.69, 9.17) is 4.42 Å². The Morgan fingerprint density at radius 2 is 0.828 bits per heavy atom. The molecule has 1 heterocycles. The molecule has 2 nitrogen and oxygen atoms in total. The van der Waals surface area contributed by atoms with Crippen LogP contribution in [-0.4, -0.2) is 0 Å². The van der Waals surface area contributed by atoms with E-state index in [-0.39, 0.29) is 0 Å². The van der Waals surface area contributed by atoms with Gasteiger partial charge in [-0.15, -0.1) is 0 Å². The van der Waals surface area contributed by atoms with Crippen LogP contribution in [0.25, 0.3) is 88.0 Å². The zero-order chi connectivity index (χ0) is 38.4. The third kappa shape index (κ3) is 5.91. The topological polar surface area (TPSA) is 16.4 Å². The van der Waals surface area contributed by atoms with Crippen molar-refractivity contribution in [3.8, 4) is 44.5 Å². The number of fused-ring (bicyclic) bond motifs is 6. The Balaban J connectivity index is 1.01. The molecule has 58 heavy (non-hydrogen) atoms. The van der Waals surface area contributed by atoms with Crippen molar-refractivity contribution >= 4 is 60.5 Å². The maximum absolute atomic E-state index is 6.40. The molecule has 0 radical (unpaired) electrons. The summed E-state index contributed by atoms with van der Waals surface area (Å²) in [5, 5.41) is 7.26. The normalized spacial score (nSPS) is 11.4. The summed E-state index contributed by atoms with van der Waals surface area (Å²) in [4.78, 5) is 2.37. The Morgan fingerprint density at radius 3 is 1.62 bits per heavy atom. The number of hydrogen-bond donors (Lipinski definition) is 0. The molecule has 0 fully saturated rings. The molecule has 0 aliphatic heterocycles. The number of furan rings is 1. The van der Waals surface area contributed by atoms with Gasteiger partial charge < -0.3 is 9.32 Å². The van der Waals surface area contributed by atoms with Gasteiger partial charge in [0.05, 0.1) is 11.1 Å². The second-order valence-corrected chi connectivity index (χ2v) is 14.9. The van der Waals surface area contributed by atoms with Crippen LogP contribution in [-0.2, 0) is 0 Å². The van der Waals surface area contributed by atoms with Crippen LogP contribution in [0.3, 0.4) is 0 Å². The highest BCUT2D eigenvalue weighted by atomic mass is 16.3. The van der Waals surface area contributed by atoms with Crippen LogP contribution in [0.2, 0.25) is 0 Å². The summed E-state index contributed by atoms with van der Waals surface area (Å²) < 4.78 is 6.40. The van der Waals surface area contributed by atoms with E-state index < -0.39 is 0 Å². The SMILES string of the molecule is c1ccc(-c2ccc(-c3cccc(N(c4ccc(-c5cccc(-c6cc7ccccc7c7ccccc67)c5)cc4)c4cccc5oc6ccccc6c45)c3)cc2)cc1. The monoisotopic (exact) mass is 739 g/mol. The van der Waals surface area contributed by atoms with E-state index in [1.54, 1.807) is 0 Å². The van der Waals surface area contributed by atoms with Gasteiger partial charge in [0, 0.05) is 16.8 Å². The van der Waals surface area contributed by atoms with E-state index in [1.807, 2.05) is 12.1 Å². The largest absolute Gasteiger partial charge is 0.456 e. The quantitative estimate of drug-likeness (QED) is 0.151. The first-order valence-electron chi connectivity index (χ1n) is 19.8. The van der Waals surface area contributed by atoms with Gasteiger partial charge >= 0.3 is 0 Å². The number of nitrogens with zero attached hydrogens (tertiary/aromatic N) is 1. The highest BCUT2D eigenvalue weighted by Gasteiger charge is 2.20. The minimum absolute atomic E-state index is 0.867. The summed E-state index contributed by atoms with van der Waals surface area (Å²) in [5.74, 6) is 0. The molecule has 0 aliphatic carbocycles. The second-order valence-electron chi connectivity index (χ2n) is 14.9. The number of benzene rings is 10. The third-order valence-electron chi connectivity index (χ3n) is 11.5. The van der Waals surface area contributed by atoms with E-state index >= 15 is 0 Å². The standard InChI is InChI=1S/C56H37NO/c1-2-13-38(14-3-1)39-27-29-40(30-28-39)43-17-11-19-47(36-43)57(53-24-12-26-55-56(53)51-23-8-9-25-54(51)58-55)46-33-31-41(32-34-46)42-16-10-18-44(35-42)52-37-45-15-4-5-20-48(45)49-21-6-7-22-50(49)52/h1-37H. The molecular weight excluding hydrogens is 703 g/mol. The van der Waals surface area contributed by atoms with Gasteiger partial charge in [-0.2, -0.15) is 0 Å². The van der Waals surface area contributed by atoms with Crippen molar-refractivity contribution in [3.05, 3.63) is 224 Å². The molecule has 1 aromatic heterocycles. The number of anilines is 3. The van der Waals surface area contributed by atoms with Crippen LogP contribution >= 0.6 is 0 Å². The van der Waals surface area contributed by atoms with Gasteiger partial charge in [-0.05, 0) is 121 Å². The fourth-order valence-electron chi connectivity index (χ4n) is 8.64. The van der Waals surface area contributed by atoms with E-state index in [1.165, 1.54) is 54.9 Å². The summed E-state index contributed by atoms with van der Waals surface area (Å²) in [5.41, 5.74) is 14.5. The highest BCUT2D eigenvalue weighted by molar-refractivity contribution is 6.15. The number of para-hydroxylation sites is 1.